The smallest absolute Gasteiger partial charge is 0.155 e. The van der Waals surface area contributed by atoms with E-state index in [9.17, 15) is 0 Å². The van der Waals surface area contributed by atoms with Gasteiger partial charge in [0, 0.05) is 11.8 Å². The first-order valence-corrected chi connectivity index (χ1v) is 7.02. The fourth-order valence-corrected chi connectivity index (χ4v) is 3.50. The Bertz CT molecular complexity index is 425. The predicted octanol–water partition coefficient (Wildman–Crippen LogP) is 4.39. The SMILES string of the molecule is CCC(C)c1nc2sc(C(C)C)nc2s1. The molecule has 0 amide bonds. The van der Waals surface area contributed by atoms with E-state index in [1.54, 1.807) is 22.7 Å². The van der Waals surface area contributed by atoms with Crippen molar-refractivity contribution in [2.45, 2.75) is 46.0 Å². The van der Waals surface area contributed by atoms with Crippen LogP contribution in [0, 0.1) is 0 Å². The zero-order chi connectivity index (χ0) is 11.0. The lowest BCUT2D eigenvalue weighted by molar-refractivity contribution is 0.729. The summed E-state index contributed by atoms with van der Waals surface area (Å²) in [4.78, 5) is 11.5. The van der Waals surface area contributed by atoms with Crippen LogP contribution in [0.5, 0.6) is 0 Å². The Morgan fingerprint density at radius 1 is 1.00 bits per heavy atom. The normalized spacial score (nSPS) is 13.9. The van der Waals surface area contributed by atoms with E-state index in [0.29, 0.717) is 11.8 Å². The average Bonchev–Trinajstić information content (AvgIpc) is 2.72. The molecule has 2 heterocycles. The van der Waals surface area contributed by atoms with Gasteiger partial charge in [0.15, 0.2) is 9.66 Å². The third-order valence-electron chi connectivity index (χ3n) is 2.54. The van der Waals surface area contributed by atoms with Crippen LogP contribution in [0.1, 0.15) is 56.0 Å². The molecule has 0 bridgehead atoms. The molecule has 2 rings (SSSR count). The van der Waals surface area contributed by atoms with E-state index in [2.05, 4.69) is 37.7 Å². The van der Waals surface area contributed by atoms with Gasteiger partial charge in [0.05, 0.1) is 10.0 Å². The summed E-state index contributed by atoms with van der Waals surface area (Å²) in [6.07, 6.45) is 1.15. The molecule has 0 spiro atoms. The Kier molecular flexibility index (Phi) is 3.07. The molecule has 2 aromatic heterocycles. The van der Waals surface area contributed by atoms with Crippen LogP contribution < -0.4 is 0 Å². The molecule has 0 saturated carbocycles. The molecule has 1 unspecified atom stereocenters. The summed E-state index contributed by atoms with van der Waals surface area (Å²) in [5.74, 6) is 1.09. The monoisotopic (exact) mass is 240 g/mol. The van der Waals surface area contributed by atoms with Gasteiger partial charge >= 0.3 is 0 Å². The highest BCUT2D eigenvalue weighted by Gasteiger charge is 2.14. The zero-order valence-electron chi connectivity index (χ0n) is 9.57. The maximum Gasteiger partial charge on any atom is 0.155 e. The number of hydrogen-bond donors (Lipinski definition) is 0. The third kappa shape index (κ3) is 2.06. The number of nitrogens with zero attached hydrogens (tertiary/aromatic N) is 2. The predicted molar refractivity (Wildman–Crippen MR) is 68.1 cm³/mol. The molecule has 15 heavy (non-hydrogen) atoms. The van der Waals surface area contributed by atoms with Crippen LogP contribution in [-0.2, 0) is 0 Å². The highest BCUT2D eigenvalue weighted by Crippen LogP contribution is 2.33. The summed E-state index contributed by atoms with van der Waals surface area (Å²) in [7, 11) is 0. The number of hydrogen-bond acceptors (Lipinski definition) is 4. The summed E-state index contributed by atoms with van der Waals surface area (Å²) in [6, 6.07) is 0. The highest BCUT2D eigenvalue weighted by molar-refractivity contribution is 7.26. The lowest BCUT2D eigenvalue weighted by atomic mass is 10.1. The van der Waals surface area contributed by atoms with Gasteiger partial charge in [0.1, 0.15) is 0 Å². The maximum absolute atomic E-state index is 4.66. The van der Waals surface area contributed by atoms with E-state index in [0.717, 1.165) is 16.1 Å². The summed E-state index contributed by atoms with van der Waals surface area (Å²) >= 11 is 3.50. The molecule has 0 aliphatic carbocycles. The van der Waals surface area contributed by atoms with Crippen LogP contribution in [-0.4, -0.2) is 9.97 Å². The standard InChI is InChI=1S/C11H16N2S2/c1-5-7(4)9-13-11-10(15-9)12-8(14-11)6(2)3/h6-7H,5H2,1-4H3. The largest absolute Gasteiger partial charge is 0.228 e. The van der Waals surface area contributed by atoms with E-state index < -0.39 is 0 Å². The molecule has 2 aromatic rings. The first-order chi connectivity index (χ1) is 7.11. The highest BCUT2D eigenvalue weighted by atomic mass is 32.1. The summed E-state index contributed by atoms with van der Waals surface area (Å²) in [5, 5.41) is 2.45. The minimum Gasteiger partial charge on any atom is -0.228 e. The van der Waals surface area contributed by atoms with Crippen LogP contribution in [0.2, 0.25) is 0 Å². The van der Waals surface area contributed by atoms with Gasteiger partial charge in [-0.3, -0.25) is 0 Å². The Balaban J connectivity index is 2.38. The van der Waals surface area contributed by atoms with E-state index >= 15 is 0 Å². The quantitative estimate of drug-likeness (QED) is 0.795. The van der Waals surface area contributed by atoms with Crippen molar-refractivity contribution < 1.29 is 0 Å². The molecular weight excluding hydrogens is 224 g/mol. The van der Waals surface area contributed by atoms with E-state index in [1.807, 2.05) is 0 Å². The van der Waals surface area contributed by atoms with Gasteiger partial charge in [-0.25, -0.2) is 9.97 Å². The molecule has 0 aliphatic heterocycles. The fourth-order valence-electron chi connectivity index (χ4n) is 1.30. The van der Waals surface area contributed by atoms with Gasteiger partial charge in [-0.2, -0.15) is 0 Å². The number of thiazole rings is 2. The molecule has 0 saturated heterocycles. The lowest BCUT2D eigenvalue weighted by Crippen LogP contribution is -1.88. The van der Waals surface area contributed by atoms with Crippen molar-refractivity contribution in [2.24, 2.45) is 0 Å². The molecule has 0 aromatic carbocycles. The molecule has 4 heteroatoms. The Morgan fingerprint density at radius 2 is 1.53 bits per heavy atom. The molecule has 0 fully saturated rings. The second kappa shape index (κ2) is 4.18. The first-order valence-electron chi connectivity index (χ1n) is 5.39. The molecule has 0 N–H and O–H groups in total. The fraction of sp³-hybridized carbons (Fsp3) is 0.636. The summed E-state index contributed by atoms with van der Waals surface area (Å²) in [6.45, 7) is 8.79. The Labute approximate surface area is 98.4 Å². The Morgan fingerprint density at radius 3 is 2.07 bits per heavy atom. The van der Waals surface area contributed by atoms with Gasteiger partial charge in [-0.1, -0.05) is 50.4 Å². The second-order valence-electron chi connectivity index (χ2n) is 4.18. The van der Waals surface area contributed by atoms with Crippen LogP contribution in [0.3, 0.4) is 0 Å². The minimum atomic E-state index is 0.517. The van der Waals surface area contributed by atoms with Crippen molar-refractivity contribution in [3.8, 4) is 0 Å². The maximum atomic E-state index is 4.66. The van der Waals surface area contributed by atoms with Gasteiger partial charge in [-0.15, -0.1) is 0 Å². The van der Waals surface area contributed by atoms with Gasteiger partial charge < -0.3 is 0 Å². The number of aromatic nitrogens is 2. The minimum absolute atomic E-state index is 0.517. The first kappa shape index (κ1) is 11.0. The average molecular weight is 240 g/mol. The van der Waals surface area contributed by atoms with Crippen molar-refractivity contribution in [1.82, 2.24) is 9.97 Å². The second-order valence-corrected chi connectivity index (χ2v) is 6.20. The molecule has 0 radical (unpaired) electrons. The molecule has 1 atom stereocenters. The number of fused-ring (bicyclic) bond motifs is 1. The van der Waals surface area contributed by atoms with Crippen LogP contribution >= 0.6 is 22.7 Å². The number of rotatable bonds is 3. The molecular formula is C11H16N2S2. The van der Waals surface area contributed by atoms with Crippen molar-refractivity contribution in [2.75, 3.05) is 0 Å². The van der Waals surface area contributed by atoms with Gasteiger partial charge in [0.25, 0.3) is 0 Å². The zero-order valence-corrected chi connectivity index (χ0v) is 11.2. The molecule has 0 aliphatic rings. The lowest BCUT2D eigenvalue weighted by Gasteiger charge is -2.01. The van der Waals surface area contributed by atoms with Crippen molar-refractivity contribution >= 4 is 32.3 Å². The topological polar surface area (TPSA) is 25.8 Å². The van der Waals surface area contributed by atoms with Gasteiger partial charge in [-0.05, 0) is 6.42 Å². The van der Waals surface area contributed by atoms with Crippen LogP contribution in [0.4, 0.5) is 0 Å². The Hall–Kier alpha value is -0.480. The van der Waals surface area contributed by atoms with Crippen molar-refractivity contribution in [3.05, 3.63) is 10.0 Å². The van der Waals surface area contributed by atoms with Crippen molar-refractivity contribution in [1.29, 1.82) is 0 Å². The summed E-state index contributed by atoms with van der Waals surface area (Å²) < 4.78 is 0. The van der Waals surface area contributed by atoms with E-state index in [4.69, 9.17) is 0 Å². The van der Waals surface area contributed by atoms with Crippen molar-refractivity contribution in [3.63, 3.8) is 0 Å². The van der Waals surface area contributed by atoms with Crippen LogP contribution in [0.15, 0.2) is 0 Å². The molecule has 82 valence electrons. The van der Waals surface area contributed by atoms with Crippen LogP contribution in [0.25, 0.3) is 9.66 Å². The van der Waals surface area contributed by atoms with Gasteiger partial charge in [0.2, 0.25) is 0 Å². The molecule has 2 nitrogen and oxygen atoms in total. The van der Waals surface area contributed by atoms with E-state index in [-0.39, 0.29) is 0 Å². The third-order valence-corrected chi connectivity index (χ3v) is 5.10. The summed E-state index contributed by atoms with van der Waals surface area (Å²) in [5.41, 5.74) is 0. The van der Waals surface area contributed by atoms with E-state index in [1.165, 1.54) is 10.0 Å².